The molecule has 0 aliphatic rings. The van der Waals surface area contributed by atoms with E-state index in [2.05, 4.69) is 65.2 Å². The van der Waals surface area contributed by atoms with E-state index in [1.807, 2.05) is 66.7 Å². The van der Waals surface area contributed by atoms with Gasteiger partial charge < -0.3 is 17.8 Å². The van der Waals surface area contributed by atoms with Crippen LogP contribution >= 0.6 is 0 Å². The molecule has 0 saturated carbocycles. The van der Waals surface area contributed by atoms with Gasteiger partial charge >= 0.3 is 0 Å². The molecular weight excluding hydrogens is 546 g/mol. The van der Waals surface area contributed by atoms with Crippen LogP contribution < -0.4 is 0 Å². The second-order valence-corrected chi connectivity index (χ2v) is 11.0. The molecule has 0 amide bonds. The van der Waals surface area contributed by atoms with E-state index in [0.29, 0.717) is 11.8 Å². The molecule has 10 aromatic rings. The van der Waals surface area contributed by atoms with Gasteiger partial charge in [-0.2, -0.15) is 0 Å². The van der Waals surface area contributed by atoms with Gasteiger partial charge in [-0.15, -0.1) is 0 Å². The van der Waals surface area contributed by atoms with Gasteiger partial charge in [-0.1, -0.05) is 54.6 Å². The molecule has 0 fully saturated rings. The van der Waals surface area contributed by atoms with Crippen LogP contribution in [-0.2, 0) is 0 Å². The Morgan fingerprint density at radius 1 is 0.432 bits per heavy atom. The average molecular weight is 568 g/mol. The number of furan rings is 1. The molecule has 0 N–H and O–H groups in total. The maximum absolute atomic E-state index is 6.49. The molecule has 0 bridgehead atoms. The van der Waals surface area contributed by atoms with Crippen molar-refractivity contribution in [2.75, 3.05) is 0 Å². The zero-order chi connectivity index (χ0) is 28.8. The van der Waals surface area contributed by atoms with E-state index >= 15 is 0 Å². The highest BCUT2D eigenvalue weighted by Gasteiger charge is 2.20. The lowest BCUT2D eigenvalue weighted by molar-refractivity contribution is 0.619. The Morgan fingerprint density at radius 2 is 0.977 bits per heavy atom. The SMILES string of the molecule is c1ccc2oc(-c3ccc4c(c3)c3cc(-c5nc6ccccc6o5)ccc3n4-c3cccc4c3oc3ccccc34)nc2c1. The molecule has 44 heavy (non-hydrogen) atoms. The van der Waals surface area contributed by atoms with Gasteiger partial charge in [0.1, 0.15) is 16.6 Å². The zero-order valence-electron chi connectivity index (χ0n) is 23.2. The molecule has 0 spiro atoms. The van der Waals surface area contributed by atoms with Crippen LogP contribution in [0.25, 0.3) is 94.5 Å². The molecule has 0 unspecified atom stereocenters. The fraction of sp³-hybridized carbons (Fsp3) is 0. The number of fused-ring (bicyclic) bond motifs is 8. The Balaban J connectivity index is 1.27. The van der Waals surface area contributed by atoms with E-state index in [4.69, 9.17) is 23.2 Å². The summed E-state index contributed by atoms with van der Waals surface area (Å²) >= 11 is 0. The summed E-state index contributed by atoms with van der Waals surface area (Å²) in [4.78, 5) is 9.55. The van der Waals surface area contributed by atoms with Gasteiger partial charge in [-0.25, -0.2) is 9.97 Å². The maximum Gasteiger partial charge on any atom is 0.227 e. The van der Waals surface area contributed by atoms with Crippen molar-refractivity contribution in [3.63, 3.8) is 0 Å². The largest absolute Gasteiger partial charge is 0.454 e. The molecule has 6 aromatic carbocycles. The quantitative estimate of drug-likeness (QED) is 0.212. The third kappa shape index (κ3) is 3.30. The minimum absolute atomic E-state index is 0.587. The lowest BCUT2D eigenvalue weighted by Crippen LogP contribution is -1.94. The van der Waals surface area contributed by atoms with Crippen molar-refractivity contribution in [3.8, 4) is 28.6 Å². The van der Waals surface area contributed by atoms with Gasteiger partial charge in [0, 0.05) is 32.7 Å². The summed E-state index contributed by atoms with van der Waals surface area (Å²) in [5, 5.41) is 4.30. The van der Waals surface area contributed by atoms with Crippen molar-refractivity contribution >= 4 is 65.9 Å². The summed E-state index contributed by atoms with van der Waals surface area (Å²) < 4.78 is 21.1. The molecule has 4 heterocycles. The van der Waals surface area contributed by atoms with E-state index in [1.54, 1.807) is 0 Å². The lowest BCUT2D eigenvalue weighted by Gasteiger charge is -2.09. The Bertz CT molecular complexity index is 2540. The zero-order valence-corrected chi connectivity index (χ0v) is 23.2. The van der Waals surface area contributed by atoms with Crippen molar-refractivity contribution in [2.24, 2.45) is 0 Å². The van der Waals surface area contributed by atoms with E-state index in [1.165, 1.54) is 0 Å². The van der Waals surface area contributed by atoms with Crippen molar-refractivity contribution in [3.05, 3.63) is 127 Å². The Hall–Kier alpha value is -6.14. The second-order valence-electron chi connectivity index (χ2n) is 11.0. The van der Waals surface area contributed by atoms with E-state index in [0.717, 1.165) is 82.8 Å². The molecule has 0 aliphatic heterocycles. The average Bonchev–Trinajstić information content (AvgIpc) is 3.85. The molecule has 6 nitrogen and oxygen atoms in total. The van der Waals surface area contributed by atoms with Crippen molar-refractivity contribution in [2.45, 2.75) is 0 Å². The topological polar surface area (TPSA) is 70.1 Å². The smallest absolute Gasteiger partial charge is 0.227 e. The molecule has 6 heteroatoms. The van der Waals surface area contributed by atoms with E-state index in [9.17, 15) is 0 Å². The van der Waals surface area contributed by atoms with E-state index < -0.39 is 0 Å². The maximum atomic E-state index is 6.49. The fourth-order valence-corrected chi connectivity index (χ4v) is 6.45. The van der Waals surface area contributed by atoms with Crippen molar-refractivity contribution in [1.82, 2.24) is 14.5 Å². The molecule has 0 radical (unpaired) electrons. The molecule has 10 rings (SSSR count). The summed E-state index contributed by atoms with van der Waals surface area (Å²) in [5.74, 6) is 1.17. The van der Waals surface area contributed by atoms with Crippen LogP contribution in [0, 0.1) is 0 Å². The number of nitrogens with zero attached hydrogens (tertiary/aromatic N) is 3. The van der Waals surface area contributed by atoms with Gasteiger partial charge in [-0.3, -0.25) is 0 Å². The first-order valence-electron chi connectivity index (χ1n) is 14.5. The monoisotopic (exact) mass is 567 g/mol. The molecule has 0 aliphatic carbocycles. The van der Waals surface area contributed by atoms with Gasteiger partial charge in [0.15, 0.2) is 16.7 Å². The third-order valence-corrected chi connectivity index (χ3v) is 8.47. The molecule has 0 saturated heterocycles. The predicted octanol–water partition coefficient (Wildman–Crippen LogP) is 10.3. The van der Waals surface area contributed by atoms with Gasteiger partial charge in [0.2, 0.25) is 11.8 Å². The number of hydrogen-bond donors (Lipinski definition) is 0. The van der Waals surface area contributed by atoms with Gasteiger partial charge in [0.25, 0.3) is 0 Å². The Morgan fingerprint density at radius 3 is 1.59 bits per heavy atom. The minimum atomic E-state index is 0.587. The van der Waals surface area contributed by atoms with Crippen LogP contribution in [0.4, 0.5) is 0 Å². The Kier molecular flexibility index (Phi) is 4.63. The third-order valence-electron chi connectivity index (χ3n) is 8.47. The first-order valence-corrected chi connectivity index (χ1v) is 14.5. The highest BCUT2D eigenvalue weighted by molar-refractivity contribution is 6.14. The van der Waals surface area contributed by atoms with Crippen LogP contribution in [0.3, 0.4) is 0 Å². The van der Waals surface area contributed by atoms with Crippen LogP contribution in [-0.4, -0.2) is 14.5 Å². The highest BCUT2D eigenvalue weighted by atomic mass is 16.4. The number of para-hydroxylation sites is 6. The lowest BCUT2D eigenvalue weighted by atomic mass is 10.1. The molecule has 0 atom stereocenters. The molecular formula is C38H21N3O3. The van der Waals surface area contributed by atoms with Crippen LogP contribution in [0.1, 0.15) is 0 Å². The standard InChI is InChI=1S/C38H21N3O3/c1-4-13-33-24(8-1)25-9-7-12-32(36(25)42-33)41-30-18-16-22(37-39-28-10-2-5-14-34(28)43-37)20-26(30)27-21-23(17-19-31(27)41)38-40-29-11-3-6-15-35(29)44-38/h1-21H. The first-order chi connectivity index (χ1) is 21.8. The molecule has 4 aromatic heterocycles. The summed E-state index contributed by atoms with van der Waals surface area (Å²) in [5.41, 5.74) is 9.78. The normalized spacial score (nSPS) is 12.1. The van der Waals surface area contributed by atoms with Gasteiger partial charge in [0.05, 0.1) is 16.7 Å². The number of benzene rings is 6. The fourth-order valence-electron chi connectivity index (χ4n) is 6.45. The summed E-state index contributed by atoms with van der Waals surface area (Å²) in [7, 11) is 0. The van der Waals surface area contributed by atoms with E-state index in [-0.39, 0.29) is 0 Å². The van der Waals surface area contributed by atoms with Crippen LogP contribution in [0.2, 0.25) is 0 Å². The number of aromatic nitrogens is 3. The van der Waals surface area contributed by atoms with Crippen molar-refractivity contribution < 1.29 is 13.3 Å². The number of rotatable bonds is 3. The first kappa shape index (κ1) is 23.4. The van der Waals surface area contributed by atoms with Crippen molar-refractivity contribution in [1.29, 1.82) is 0 Å². The number of hydrogen-bond acceptors (Lipinski definition) is 5. The summed E-state index contributed by atoms with van der Waals surface area (Å²) in [6.45, 7) is 0. The minimum Gasteiger partial charge on any atom is -0.454 e. The summed E-state index contributed by atoms with van der Waals surface area (Å²) in [6, 6.07) is 42.9. The van der Waals surface area contributed by atoms with Crippen LogP contribution in [0.15, 0.2) is 141 Å². The van der Waals surface area contributed by atoms with Crippen LogP contribution in [0.5, 0.6) is 0 Å². The summed E-state index contributed by atoms with van der Waals surface area (Å²) in [6.07, 6.45) is 0. The number of oxazole rings is 2. The highest BCUT2D eigenvalue weighted by Crippen LogP contribution is 2.40. The van der Waals surface area contributed by atoms with Gasteiger partial charge in [-0.05, 0) is 72.8 Å². The Labute approximate surface area is 249 Å². The predicted molar refractivity (Wildman–Crippen MR) is 174 cm³/mol. The second kappa shape index (κ2) is 8.69. The molecule has 206 valence electrons.